The van der Waals surface area contributed by atoms with Crippen molar-refractivity contribution in [3.05, 3.63) is 24.0 Å². The largest absolute Gasteiger partial charge is 0.496 e. The number of nitrogens with two attached hydrogens (primary N) is 1. The molecular weight excluding hydrogens is 279 g/mol. The van der Waals surface area contributed by atoms with Crippen molar-refractivity contribution in [2.24, 2.45) is 5.14 Å². The van der Waals surface area contributed by atoms with Crippen molar-refractivity contribution in [3.8, 4) is 0 Å². The second-order valence-corrected chi connectivity index (χ2v) is 7.59. The average Bonchev–Trinajstić information content (AvgIpc) is 2.47. The first kappa shape index (κ1) is 15.4. The molecule has 0 spiro atoms. The first-order valence-corrected chi connectivity index (χ1v) is 8.03. The van der Waals surface area contributed by atoms with Gasteiger partial charge in [-0.3, -0.25) is 4.98 Å². The molecule has 0 unspecified atom stereocenters. The molecule has 0 amide bonds. The van der Waals surface area contributed by atoms with Gasteiger partial charge in [-0.1, -0.05) is 6.07 Å². The van der Waals surface area contributed by atoms with Crippen molar-refractivity contribution >= 4 is 22.6 Å². The summed E-state index contributed by atoms with van der Waals surface area (Å²) in [7, 11) is -4.07. The van der Waals surface area contributed by atoms with E-state index in [1.54, 1.807) is 18.3 Å². The van der Waals surface area contributed by atoms with Gasteiger partial charge in [0.2, 0.25) is 10.0 Å². The van der Waals surface area contributed by atoms with Crippen LogP contribution < -0.4 is 10.6 Å². The van der Waals surface area contributed by atoms with Gasteiger partial charge in [-0.05, 0) is 33.8 Å². The summed E-state index contributed by atoms with van der Waals surface area (Å²) < 4.78 is 33.8. The van der Waals surface area contributed by atoms with Crippen LogP contribution in [0.25, 0.3) is 0 Å². The van der Waals surface area contributed by atoms with Crippen molar-refractivity contribution in [2.45, 2.75) is 44.6 Å². The van der Waals surface area contributed by atoms with Gasteiger partial charge < -0.3 is 9.31 Å². The monoisotopic (exact) mass is 298 g/mol. The summed E-state index contributed by atoms with van der Waals surface area (Å²) in [6, 6.07) is 3.36. The highest BCUT2D eigenvalue weighted by Crippen LogP contribution is 2.36. The zero-order valence-corrected chi connectivity index (χ0v) is 12.9. The van der Waals surface area contributed by atoms with Gasteiger partial charge in [-0.25, -0.2) is 13.6 Å². The third-order valence-corrected chi connectivity index (χ3v) is 4.42. The summed E-state index contributed by atoms with van der Waals surface area (Å²) in [5.41, 5.74) is 0.308. The third-order valence-electron chi connectivity index (χ3n) is 3.72. The summed E-state index contributed by atoms with van der Waals surface area (Å²) in [6.45, 7) is 7.87. The summed E-state index contributed by atoms with van der Waals surface area (Å²) >= 11 is 0. The number of rotatable bonds is 3. The Morgan fingerprint density at radius 3 is 2.15 bits per heavy atom. The van der Waals surface area contributed by atoms with Gasteiger partial charge in [0.15, 0.2) is 0 Å². The lowest BCUT2D eigenvalue weighted by Crippen LogP contribution is -2.41. The van der Waals surface area contributed by atoms with Crippen LogP contribution in [0, 0.1) is 0 Å². The van der Waals surface area contributed by atoms with Gasteiger partial charge in [0, 0.05) is 11.7 Å². The number of nitrogens with zero attached hydrogens (tertiary/aromatic N) is 1. The molecule has 2 N–H and O–H groups in total. The van der Waals surface area contributed by atoms with E-state index in [1.807, 2.05) is 27.7 Å². The minimum Gasteiger partial charge on any atom is -0.399 e. The van der Waals surface area contributed by atoms with Crippen LogP contribution >= 0.6 is 0 Å². The molecule has 110 valence electrons. The molecule has 2 heterocycles. The van der Waals surface area contributed by atoms with E-state index in [0.29, 0.717) is 5.69 Å². The van der Waals surface area contributed by atoms with E-state index in [9.17, 15) is 8.42 Å². The fourth-order valence-corrected chi connectivity index (χ4v) is 2.43. The van der Waals surface area contributed by atoms with Gasteiger partial charge in [0.1, 0.15) is 5.75 Å². The van der Waals surface area contributed by atoms with Crippen LogP contribution in [0.5, 0.6) is 0 Å². The van der Waals surface area contributed by atoms with Crippen LogP contribution in [0.3, 0.4) is 0 Å². The topological polar surface area (TPSA) is 91.5 Å². The van der Waals surface area contributed by atoms with Gasteiger partial charge in [0.05, 0.1) is 16.9 Å². The number of sulfonamides is 1. The molecule has 2 rings (SSSR count). The Labute approximate surface area is 119 Å². The highest BCUT2D eigenvalue weighted by Gasteiger charge is 2.51. The van der Waals surface area contributed by atoms with Crippen LogP contribution in [0.15, 0.2) is 18.3 Å². The van der Waals surface area contributed by atoms with Crippen LogP contribution in [0.1, 0.15) is 33.4 Å². The van der Waals surface area contributed by atoms with E-state index in [1.165, 1.54) is 0 Å². The number of hydrogen-bond donors (Lipinski definition) is 1. The Hall–Kier alpha value is -0.955. The molecule has 0 aliphatic carbocycles. The zero-order chi connectivity index (χ0) is 15.2. The Morgan fingerprint density at radius 2 is 1.75 bits per heavy atom. The number of primary sulfonamides is 1. The molecule has 0 saturated carbocycles. The predicted molar refractivity (Wildman–Crippen MR) is 76.8 cm³/mol. The molecule has 8 heteroatoms. The normalized spacial score (nSPS) is 21.1. The van der Waals surface area contributed by atoms with Gasteiger partial charge in [-0.2, -0.15) is 0 Å². The zero-order valence-electron chi connectivity index (χ0n) is 12.1. The van der Waals surface area contributed by atoms with Gasteiger partial charge >= 0.3 is 7.12 Å². The summed E-state index contributed by atoms with van der Waals surface area (Å²) in [5, 5.41) is 4.98. The predicted octanol–water partition coefficient (Wildman–Crippen LogP) is 0.169. The smallest absolute Gasteiger partial charge is 0.399 e. The molecule has 1 fully saturated rings. The second kappa shape index (κ2) is 4.80. The second-order valence-electron chi connectivity index (χ2n) is 5.98. The molecule has 0 bridgehead atoms. The number of pyridine rings is 1. The van der Waals surface area contributed by atoms with E-state index >= 15 is 0 Å². The van der Waals surface area contributed by atoms with Crippen molar-refractivity contribution in [1.82, 2.24) is 4.98 Å². The van der Waals surface area contributed by atoms with Crippen LogP contribution in [-0.4, -0.2) is 31.7 Å². The molecule has 6 nitrogen and oxygen atoms in total. The minimum absolute atomic E-state index is 0.281. The molecule has 1 aliphatic heterocycles. The molecule has 1 aromatic rings. The molecule has 1 saturated heterocycles. The van der Waals surface area contributed by atoms with Crippen molar-refractivity contribution in [2.75, 3.05) is 0 Å². The van der Waals surface area contributed by atoms with E-state index in [0.717, 1.165) is 5.46 Å². The Kier molecular flexibility index (Phi) is 3.70. The molecule has 0 aromatic carbocycles. The summed E-state index contributed by atoms with van der Waals surface area (Å²) in [5.74, 6) is -0.281. The standard InChI is InChI=1S/C12H19BN2O4S/c1-11(2)12(3,4)19-13(18-11)9-5-6-10(15-7-9)8-20(14,16)17/h5-7H,8H2,1-4H3,(H2,14,16,17). The Balaban J connectivity index is 2.16. The fourth-order valence-electron chi connectivity index (χ4n) is 1.85. The molecule has 1 aliphatic rings. The highest BCUT2D eigenvalue weighted by atomic mass is 32.2. The average molecular weight is 298 g/mol. The maximum atomic E-state index is 11.0. The number of hydrogen-bond acceptors (Lipinski definition) is 5. The van der Waals surface area contributed by atoms with Crippen LogP contribution in [0.4, 0.5) is 0 Å². The van der Waals surface area contributed by atoms with Crippen molar-refractivity contribution in [1.29, 1.82) is 0 Å². The maximum Gasteiger partial charge on any atom is 0.496 e. The van der Waals surface area contributed by atoms with E-state index in [-0.39, 0.29) is 5.75 Å². The van der Waals surface area contributed by atoms with E-state index < -0.39 is 28.3 Å². The molecule has 1 aromatic heterocycles. The Bertz CT molecular complexity index is 582. The third kappa shape index (κ3) is 3.20. The van der Waals surface area contributed by atoms with Crippen molar-refractivity contribution in [3.63, 3.8) is 0 Å². The molecular formula is C12H19BN2O4S. The van der Waals surface area contributed by atoms with E-state index in [2.05, 4.69) is 4.98 Å². The minimum atomic E-state index is -3.57. The molecule has 0 atom stereocenters. The first-order chi connectivity index (χ1) is 9.00. The fraction of sp³-hybridized carbons (Fsp3) is 0.583. The Morgan fingerprint density at radius 1 is 1.20 bits per heavy atom. The number of aromatic nitrogens is 1. The first-order valence-electron chi connectivity index (χ1n) is 6.31. The maximum absolute atomic E-state index is 11.0. The quantitative estimate of drug-likeness (QED) is 0.803. The molecule has 20 heavy (non-hydrogen) atoms. The van der Waals surface area contributed by atoms with Crippen LogP contribution in [0.2, 0.25) is 0 Å². The molecule has 0 radical (unpaired) electrons. The summed E-state index contributed by atoms with van der Waals surface area (Å²) in [6.07, 6.45) is 1.56. The lowest BCUT2D eigenvalue weighted by Gasteiger charge is -2.32. The van der Waals surface area contributed by atoms with Crippen molar-refractivity contribution < 1.29 is 17.7 Å². The highest BCUT2D eigenvalue weighted by molar-refractivity contribution is 7.88. The van der Waals surface area contributed by atoms with Gasteiger partial charge in [-0.15, -0.1) is 0 Å². The summed E-state index contributed by atoms with van der Waals surface area (Å²) in [4.78, 5) is 4.08. The lowest BCUT2D eigenvalue weighted by molar-refractivity contribution is 0.00578. The lowest BCUT2D eigenvalue weighted by atomic mass is 9.80. The SMILES string of the molecule is CC1(C)OB(c2ccc(CS(N)(=O)=O)nc2)OC1(C)C. The van der Waals surface area contributed by atoms with E-state index in [4.69, 9.17) is 14.4 Å². The van der Waals surface area contributed by atoms with Gasteiger partial charge in [0.25, 0.3) is 0 Å². The van der Waals surface area contributed by atoms with Crippen LogP contribution in [-0.2, 0) is 25.1 Å².